The molecule has 0 heterocycles. The summed E-state index contributed by atoms with van der Waals surface area (Å²) in [4.78, 5) is 11.3. The van der Waals surface area contributed by atoms with Crippen LogP contribution in [0.15, 0.2) is 24.3 Å². The fraction of sp³-hybridized carbons (Fsp3) is 0.462. The molecule has 0 atom stereocenters. The minimum absolute atomic E-state index is 0.247. The van der Waals surface area contributed by atoms with E-state index in [1.54, 1.807) is 0 Å². The van der Waals surface area contributed by atoms with Crippen molar-refractivity contribution in [2.24, 2.45) is 0 Å². The second-order valence-electron chi connectivity index (χ2n) is 3.74. The maximum Gasteiger partial charge on any atom is 0.311 e. The summed E-state index contributed by atoms with van der Waals surface area (Å²) in [6.07, 6.45) is 4.62. The molecule has 0 bridgehead atoms. The van der Waals surface area contributed by atoms with Crippen molar-refractivity contribution in [1.82, 2.24) is 0 Å². The lowest BCUT2D eigenvalue weighted by molar-refractivity contribution is -0.134. The van der Waals surface area contributed by atoms with E-state index in [-0.39, 0.29) is 11.8 Å². The second kappa shape index (κ2) is 6.99. The van der Waals surface area contributed by atoms with Crippen molar-refractivity contribution in [2.75, 3.05) is 0 Å². The van der Waals surface area contributed by atoms with Gasteiger partial charge in [0, 0.05) is 6.42 Å². The Bertz CT molecular complexity index is 319. The number of ether oxygens (including phenoxy) is 1. The highest BCUT2D eigenvalue weighted by Gasteiger charge is 2.04. The van der Waals surface area contributed by atoms with Gasteiger partial charge in [-0.2, -0.15) is 0 Å². The molecule has 0 aliphatic heterocycles. The van der Waals surface area contributed by atoms with E-state index in [9.17, 15) is 9.18 Å². The monoisotopic (exact) mass is 224 g/mol. The largest absolute Gasteiger partial charge is 0.427 e. The molecule has 2 nitrogen and oxygen atoms in total. The van der Waals surface area contributed by atoms with Crippen LogP contribution in [0.4, 0.5) is 4.39 Å². The highest BCUT2D eigenvalue weighted by molar-refractivity contribution is 5.72. The van der Waals surface area contributed by atoms with Gasteiger partial charge in [-0.1, -0.05) is 26.2 Å². The second-order valence-corrected chi connectivity index (χ2v) is 3.74. The van der Waals surface area contributed by atoms with E-state index in [0.717, 1.165) is 25.7 Å². The highest BCUT2D eigenvalue weighted by atomic mass is 19.1. The van der Waals surface area contributed by atoms with Crippen LogP contribution in [-0.4, -0.2) is 5.97 Å². The van der Waals surface area contributed by atoms with Gasteiger partial charge in [-0.3, -0.25) is 4.79 Å². The molecule has 88 valence electrons. The van der Waals surface area contributed by atoms with Gasteiger partial charge in [-0.05, 0) is 30.7 Å². The lowest BCUT2D eigenvalue weighted by Crippen LogP contribution is -2.07. The number of unbranched alkanes of at least 4 members (excludes halogenated alkanes) is 3. The van der Waals surface area contributed by atoms with E-state index in [2.05, 4.69) is 6.92 Å². The Morgan fingerprint density at radius 1 is 1.19 bits per heavy atom. The number of hydrogen-bond acceptors (Lipinski definition) is 2. The van der Waals surface area contributed by atoms with Crippen LogP contribution in [0.5, 0.6) is 5.75 Å². The molecular weight excluding hydrogens is 207 g/mol. The first kappa shape index (κ1) is 12.7. The van der Waals surface area contributed by atoms with E-state index in [0.29, 0.717) is 12.2 Å². The first-order chi connectivity index (χ1) is 7.72. The SMILES string of the molecule is CCCCCCC(=O)Oc1ccc(F)cc1. The molecule has 0 saturated heterocycles. The fourth-order valence-electron chi connectivity index (χ4n) is 1.38. The standard InChI is InChI=1S/C13H17FO2/c1-2-3-4-5-6-13(15)16-12-9-7-11(14)8-10-12/h7-10H,2-6H2,1H3. The number of halogens is 1. The molecule has 0 aliphatic rings. The number of carbonyl (C=O) groups excluding carboxylic acids is 1. The molecule has 0 N–H and O–H groups in total. The molecule has 0 saturated carbocycles. The number of rotatable bonds is 6. The van der Waals surface area contributed by atoms with Crippen molar-refractivity contribution in [3.8, 4) is 5.75 Å². The van der Waals surface area contributed by atoms with Crippen LogP contribution < -0.4 is 4.74 Å². The Morgan fingerprint density at radius 2 is 1.88 bits per heavy atom. The molecule has 0 radical (unpaired) electrons. The van der Waals surface area contributed by atoms with Crippen LogP contribution in [0.3, 0.4) is 0 Å². The summed E-state index contributed by atoms with van der Waals surface area (Å²) < 4.78 is 17.6. The van der Waals surface area contributed by atoms with E-state index in [1.807, 2.05) is 0 Å². The molecule has 3 heteroatoms. The molecule has 0 amide bonds. The van der Waals surface area contributed by atoms with Crippen LogP contribution in [0.2, 0.25) is 0 Å². The van der Waals surface area contributed by atoms with Crippen LogP contribution in [0.1, 0.15) is 39.0 Å². The fourth-order valence-corrected chi connectivity index (χ4v) is 1.38. The molecule has 0 fully saturated rings. The topological polar surface area (TPSA) is 26.3 Å². The zero-order valence-corrected chi connectivity index (χ0v) is 9.54. The predicted molar refractivity (Wildman–Crippen MR) is 60.8 cm³/mol. The van der Waals surface area contributed by atoms with E-state index in [4.69, 9.17) is 4.74 Å². The normalized spacial score (nSPS) is 10.1. The summed E-state index contributed by atoms with van der Waals surface area (Å²) >= 11 is 0. The van der Waals surface area contributed by atoms with Gasteiger partial charge in [-0.15, -0.1) is 0 Å². The number of esters is 1. The van der Waals surface area contributed by atoms with E-state index >= 15 is 0 Å². The quantitative estimate of drug-likeness (QED) is 0.418. The molecule has 1 rings (SSSR count). The van der Waals surface area contributed by atoms with E-state index < -0.39 is 0 Å². The summed E-state index contributed by atoms with van der Waals surface area (Å²) in [5.41, 5.74) is 0. The Kier molecular flexibility index (Phi) is 5.54. The molecule has 0 aliphatic carbocycles. The summed E-state index contributed by atoms with van der Waals surface area (Å²) in [7, 11) is 0. The summed E-state index contributed by atoms with van der Waals surface area (Å²) in [5.74, 6) is -0.174. The molecular formula is C13H17FO2. The van der Waals surface area contributed by atoms with Crippen LogP contribution in [-0.2, 0) is 4.79 Å². The Labute approximate surface area is 95.4 Å². The molecule has 1 aromatic carbocycles. The Hall–Kier alpha value is -1.38. The van der Waals surface area contributed by atoms with Crippen molar-refractivity contribution in [3.63, 3.8) is 0 Å². The minimum atomic E-state index is -0.331. The van der Waals surface area contributed by atoms with Crippen LogP contribution in [0.25, 0.3) is 0 Å². The lowest BCUT2D eigenvalue weighted by atomic mass is 10.1. The van der Waals surface area contributed by atoms with Crippen molar-refractivity contribution in [2.45, 2.75) is 39.0 Å². The first-order valence-corrected chi connectivity index (χ1v) is 5.68. The average Bonchev–Trinajstić information content (AvgIpc) is 2.28. The molecule has 1 aromatic rings. The molecule has 0 unspecified atom stereocenters. The Balaban J connectivity index is 2.26. The Morgan fingerprint density at radius 3 is 2.50 bits per heavy atom. The van der Waals surface area contributed by atoms with Gasteiger partial charge in [0.2, 0.25) is 0 Å². The van der Waals surface area contributed by atoms with Gasteiger partial charge in [0.25, 0.3) is 0 Å². The van der Waals surface area contributed by atoms with Crippen molar-refractivity contribution in [1.29, 1.82) is 0 Å². The predicted octanol–water partition coefficient (Wildman–Crippen LogP) is 3.70. The van der Waals surface area contributed by atoms with Gasteiger partial charge >= 0.3 is 5.97 Å². The number of hydrogen-bond donors (Lipinski definition) is 0. The first-order valence-electron chi connectivity index (χ1n) is 5.68. The summed E-state index contributed by atoms with van der Waals surface area (Å²) in [6.45, 7) is 2.12. The maximum absolute atomic E-state index is 12.6. The smallest absolute Gasteiger partial charge is 0.311 e. The molecule has 0 aromatic heterocycles. The lowest BCUT2D eigenvalue weighted by Gasteiger charge is -2.03. The van der Waals surface area contributed by atoms with Gasteiger partial charge < -0.3 is 4.74 Å². The highest BCUT2D eigenvalue weighted by Crippen LogP contribution is 2.12. The molecule has 16 heavy (non-hydrogen) atoms. The van der Waals surface area contributed by atoms with Crippen LogP contribution >= 0.6 is 0 Å². The number of benzene rings is 1. The molecule has 0 spiro atoms. The van der Waals surface area contributed by atoms with Crippen molar-refractivity contribution in [3.05, 3.63) is 30.1 Å². The van der Waals surface area contributed by atoms with E-state index in [1.165, 1.54) is 24.3 Å². The maximum atomic E-state index is 12.6. The van der Waals surface area contributed by atoms with Crippen molar-refractivity contribution >= 4 is 5.97 Å². The summed E-state index contributed by atoms with van der Waals surface area (Å²) in [5, 5.41) is 0. The average molecular weight is 224 g/mol. The zero-order chi connectivity index (χ0) is 11.8. The van der Waals surface area contributed by atoms with Crippen LogP contribution in [0, 0.1) is 5.82 Å². The third-order valence-electron chi connectivity index (χ3n) is 2.28. The van der Waals surface area contributed by atoms with Crippen molar-refractivity contribution < 1.29 is 13.9 Å². The van der Waals surface area contributed by atoms with Gasteiger partial charge in [0.05, 0.1) is 0 Å². The third kappa shape index (κ3) is 4.91. The zero-order valence-electron chi connectivity index (χ0n) is 9.54. The van der Waals surface area contributed by atoms with Gasteiger partial charge in [-0.25, -0.2) is 4.39 Å². The van der Waals surface area contributed by atoms with Gasteiger partial charge in [0.1, 0.15) is 11.6 Å². The minimum Gasteiger partial charge on any atom is -0.427 e. The number of carbonyl (C=O) groups is 1. The van der Waals surface area contributed by atoms with Gasteiger partial charge in [0.15, 0.2) is 0 Å². The summed E-state index contributed by atoms with van der Waals surface area (Å²) in [6, 6.07) is 5.47. The third-order valence-corrected chi connectivity index (χ3v) is 2.28.